The predicted octanol–water partition coefficient (Wildman–Crippen LogP) is 7.62. The van der Waals surface area contributed by atoms with Crippen LogP contribution in [0.5, 0.6) is 0 Å². The van der Waals surface area contributed by atoms with E-state index in [0.717, 1.165) is 32.0 Å². The Morgan fingerprint density at radius 1 is 0.538 bits per heavy atom. The highest BCUT2D eigenvalue weighted by Crippen LogP contribution is 2.11. The molecule has 0 atom stereocenters. The Morgan fingerprint density at radius 3 is 1.35 bits per heavy atom. The minimum Gasteiger partial charge on any atom is -0.303 e. The van der Waals surface area contributed by atoms with E-state index in [9.17, 15) is 4.79 Å². The van der Waals surface area contributed by atoms with Crippen LogP contribution in [0.2, 0.25) is 0 Å². The van der Waals surface area contributed by atoms with E-state index in [1.807, 2.05) is 0 Å². The van der Waals surface area contributed by atoms with Crippen molar-refractivity contribution in [3.63, 3.8) is 0 Å². The van der Waals surface area contributed by atoms with Crippen LogP contribution in [0.15, 0.2) is 0 Å². The van der Waals surface area contributed by atoms with Crippen molar-refractivity contribution in [3.05, 3.63) is 0 Å². The van der Waals surface area contributed by atoms with Gasteiger partial charge >= 0.3 is 0 Å². The summed E-state index contributed by atoms with van der Waals surface area (Å²) in [5, 5.41) is 0. The molecule has 0 aromatic heterocycles. The summed E-state index contributed by atoms with van der Waals surface area (Å²) in [5.41, 5.74) is 0. The number of hydrogen-bond acceptors (Lipinski definition) is 1. The van der Waals surface area contributed by atoms with Gasteiger partial charge in [-0.3, -0.25) is 0 Å². The van der Waals surface area contributed by atoms with Gasteiger partial charge in [0.25, 0.3) is 0 Å². The van der Waals surface area contributed by atoms with E-state index in [1.165, 1.54) is 96.3 Å². The van der Waals surface area contributed by atoms with E-state index in [-0.39, 0.29) is 0 Å². The standard InChI is InChI=1S/C25H42O/c1-2-3-4-5-6-7-8-9-10-11-12-13-14-15-16-17-18-19-20-21-22-23-24-25-26/h25H,2-12,17-24H2,1H3. The summed E-state index contributed by atoms with van der Waals surface area (Å²) < 4.78 is 0. The molecule has 0 aliphatic heterocycles. The molecule has 0 amide bonds. The fourth-order valence-corrected chi connectivity index (χ4v) is 3.06. The number of carbonyl (C=O) groups excluding carboxylic acids is 1. The van der Waals surface area contributed by atoms with Crippen molar-refractivity contribution in [1.82, 2.24) is 0 Å². The monoisotopic (exact) mass is 358 g/mol. The van der Waals surface area contributed by atoms with Crippen LogP contribution in [0.4, 0.5) is 0 Å². The second-order valence-electron chi connectivity index (χ2n) is 7.36. The largest absolute Gasteiger partial charge is 0.303 e. The Hall–Kier alpha value is -1.21. The summed E-state index contributed by atoms with van der Waals surface area (Å²) in [7, 11) is 0. The van der Waals surface area contributed by atoms with Crippen LogP contribution in [-0.4, -0.2) is 6.29 Å². The predicted molar refractivity (Wildman–Crippen MR) is 115 cm³/mol. The minimum atomic E-state index is 0.725. The number of carbonyl (C=O) groups is 1. The van der Waals surface area contributed by atoms with Crippen molar-refractivity contribution in [2.45, 2.75) is 129 Å². The van der Waals surface area contributed by atoms with E-state index >= 15 is 0 Å². The molecule has 0 saturated carbocycles. The van der Waals surface area contributed by atoms with Crippen LogP contribution in [-0.2, 0) is 4.79 Å². The van der Waals surface area contributed by atoms with Gasteiger partial charge in [-0.2, -0.15) is 0 Å². The third kappa shape index (κ3) is 22.8. The molecule has 0 aliphatic rings. The zero-order chi connectivity index (χ0) is 19.0. The second-order valence-corrected chi connectivity index (χ2v) is 7.36. The van der Waals surface area contributed by atoms with Crippen LogP contribution < -0.4 is 0 Å². The zero-order valence-electron chi connectivity index (χ0n) is 17.4. The Morgan fingerprint density at radius 2 is 0.923 bits per heavy atom. The van der Waals surface area contributed by atoms with Gasteiger partial charge in [0, 0.05) is 19.3 Å². The summed E-state index contributed by atoms with van der Waals surface area (Å²) in [6.07, 6.45) is 24.7. The van der Waals surface area contributed by atoms with Crippen LogP contribution in [0.25, 0.3) is 0 Å². The van der Waals surface area contributed by atoms with Gasteiger partial charge in [0.05, 0.1) is 0 Å². The molecule has 0 aromatic rings. The van der Waals surface area contributed by atoms with Gasteiger partial charge in [-0.05, 0) is 31.1 Å². The molecule has 1 heteroatoms. The number of rotatable bonds is 18. The van der Waals surface area contributed by atoms with E-state index in [0.29, 0.717) is 0 Å². The molecule has 0 aromatic carbocycles. The Bertz CT molecular complexity index is 401. The van der Waals surface area contributed by atoms with Gasteiger partial charge in [0.2, 0.25) is 0 Å². The normalized spacial score (nSPS) is 9.88. The highest BCUT2D eigenvalue weighted by molar-refractivity contribution is 5.48. The van der Waals surface area contributed by atoms with Crippen molar-refractivity contribution in [2.24, 2.45) is 0 Å². The highest BCUT2D eigenvalue weighted by atomic mass is 16.1. The van der Waals surface area contributed by atoms with Gasteiger partial charge in [0.1, 0.15) is 6.29 Å². The summed E-state index contributed by atoms with van der Waals surface area (Å²) in [5.74, 6) is 12.3. The van der Waals surface area contributed by atoms with Crippen LogP contribution in [0.3, 0.4) is 0 Å². The Labute approximate surface area is 164 Å². The van der Waals surface area contributed by atoms with Crippen LogP contribution in [0, 0.1) is 23.7 Å². The maximum Gasteiger partial charge on any atom is 0.119 e. The molecule has 0 fully saturated rings. The summed E-state index contributed by atoms with van der Waals surface area (Å²) >= 11 is 0. The fourth-order valence-electron chi connectivity index (χ4n) is 3.06. The van der Waals surface area contributed by atoms with Crippen molar-refractivity contribution in [3.8, 4) is 23.7 Å². The molecular formula is C25H42O. The molecule has 0 N–H and O–H groups in total. The van der Waals surface area contributed by atoms with E-state index in [4.69, 9.17) is 0 Å². The molecule has 0 saturated heterocycles. The van der Waals surface area contributed by atoms with Gasteiger partial charge in [-0.25, -0.2) is 0 Å². The van der Waals surface area contributed by atoms with Crippen molar-refractivity contribution < 1.29 is 4.79 Å². The number of unbranched alkanes of at least 4 members (excludes halogenated alkanes) is 17. The average molecular weight is 359 g/mol. The molecule has 0 heterocycles. The first-order chi connectivity index (χ1) is 12.9. The van der Waals surface area contributed by atoms with Crippen LogP contribution in [0.1, 0.15) is 129 Å². The highest BCUT2D eigenvalue weighted by Gasteiger charge is 1.92. The maximum absolute atomic E-state index is 10.2. The number of aldehydes is 1. The van der Waals surface area contributed by atoms with Crippen molar-refractivity contribution >= 4 is 6.29 Å². The Kier molecular flexibility index (Phi) is 22.7. The minimum absolute atomic E-state index is 0.725. The molecule has 0 unspecified atom stereocenters. The first-order valence-corrected chi connectivity index (χ1v) is 11.3. The lowest BCUT2D eigenvalue weighted by atomic mass is 10.1. The molecule has 0 radical (unpaired) electrons. The number of hydrogen-bond donors (Lipinski definition) is 0. The smallest absolute Gasteiger partial charge is 0.119 e. The fraction of sp³-hybridized carbons (Fsp3) is 0.800. The maximum atomic E-state index is 10.2. The molecule has 0 rings (SSSR count). The van der Waals surface area contributed by atoms with Crippen molar-refractivity contribution in [1.29, 1.82) is 0 Å². The third-order valence-corrected chi connectivity index (χ3v) is 4.77. The molecule has 26 heavy (non-hydrogen) atoms. The molecule has 0 spiro atoms. The lowest BCUT2D eigenvalue weighted by Crippen LogP contribution is -1.81. The SMILES string of the molecule is CCCCCCCCCCCCC#CC#CCCCCCCCCC=O. The quantitative estimate of drug-likeness (QED) is 0.140. The van der Waals surface area contributed by atoms with Gasteiger partial charge in [-0.15, -0.1) is 0 Å². The Balaban J connectivity index is 3.23. The molecule has 0 bridgehead atoms. The van der Waals surface area contributed by atoms with Crippen molar-refractivity contribution in [2.75, 3.05) is 0 Å². The summed E-state index contributed by atoms with van der Waals surface area (Å²) in [4.78, 5) is 10.2. The summed E-state index contributed by atoms with van der Waals surface area (Å²) in [6, 6.07) is 0. The topological polar surface area (TPSA) is 17.1 Å². The van der Waals surface area contributed by atoms with E-state index in [2.05, 4.69) is 30.6 Å². The lowest BCUT2D eigenvalue weighted by Gasteiger charge is -2.00. The first kappa shape index (κ1) is 24.8. The molecular weight excluding hydrogens is 316 g/mol. The molecule has 1 nitrogen and oxygen atoms in total. The first-order valence-electron chi connectivity index (χ1n) is 11.3. The van der Waals surface area contributed by atoms with Gasteiger partial charge in [-0.1, -0.05) is 102 Å². The lowest BCUT2D eigenvalue weighted by molar-refractivity contribution is -0.107. The van der Waals surface area contributed by atoms with Gasteiger partial charge in [0.15, 0.2) is 0 Å². The summed E-state index contributed by atoms with van der Waals surface area (Å²) in [6.45, 7) is 2.28. The molecule has 0 aliphatic carbocycles. The van der Waals surface area contributed by atoms with Crippen LogP contribution >= 0.6 is 0 Å². The zero-order valence-corrected chi connectivity index (χ0v) is 17.4. The van der Waals surface area contributed by atoms with E-state index < -0.39 is 0 Å². The van der Waals surface area contributed by atoms with Gasteiger partial charge < -0.3 is 4.79 Å². The van der Waals surface area contributed by atoms with E-state index in [1.54, 1.807) is 0 Å². The third-order valence-electron chi connectivity index (χ3n) is 4.77. The second kappa shape index (κ2) is 23.8. The molecule has 148 valence electrons. The average Bonchev–Trinajstić information content (AvgIpc) is 2.66.